The topological polar surface area (TPSA) is 89.7 Å². The normalized spacial score (nSPS) is 11.1. The monoisotopic (exact) mass is 272 g/mol. The summed E-state index contributed by atoms with van der Waals surface area (Å²) in [6, 6.07) is 6.28. The Morgan fingerprint density at radius 1 is 1.39 bits per heavy atom. The number of hydrogen-bond donors (Lipinski definition) is 1. The van der Waals surface area contributed by atoms with Crippen molar-refractivity contribution < 1.29 is 17.9 Å². The maximum Gasteiger partial charge on any atom is 0.340 e. The maximum absolute atomic E-state index is 11.6. The van der Waals surface area contributed by atoms with Gasteiger partial charge in [0.2, 0.25) is 0 Å². The third-order valence-electron chi connectivity index (χ3n) is 2.31. The number of benzene rings is 1. The minimum Gasteiger partial charge on any atom is -0.465 e. The molecule has 0 atom stereocenters. The minimum absolute atomic E-state index is 0.169. The zero-order chi connectivity index (χ0) is 13.8. The lowest BCUT2D eigenvalue weighted by Gasteiger charge is -2.22. The predicted octanol–water partition coefficient (Wildman–Crippen LogP) is 0.893. The molecule has 0 amide bonds. The van der Waals surface area contributed by atoms with Crippen LogP contribution < -0.4 is 9.44 Å². The summed E-state index contributed by atoms with van der Waals surface area (Å²) >= 11 is 0. The van der Waals surface area contributed by atoms with Gasteiger partial charge in [-0.3, -0.25) is 4.31 Å². The van der Waals surface area contributed by atoms with E-state index in [4.69, 9.17) is 5.14 Å². The van der Waals surface area contributed by atoms with E-state index in [2.05, 4.69) is 4.74 Å². The van der Waals surface area contributed by atoms with Gasteiger partial charge in [0.1, 0.15) is 0 Å². The van der Waals surface area contributed by atoms with Crippen LogP contribution in [0.2, 0.25) is 0 Å². The molecule has 7 heteroatoms. The van der Waals surface area contributed by atoms with Gasteiger partial charge in [-0.05, 0) is 18.6 Å². The summed E-state index contributed by atoms with van der Waals surface area (Å²) in [5.74, 6) is -0.602. The Kier molecular flexibility index (Phi) is 4.69. The Balaban J connectivity index is 3.33. The smallest absolute Gasteiger partial charge is 0.340 e. The van der Waals surface area contributed by atoms with Crippen LogP contribution in [0.1, 0.15) is 23.7 Å². The van der Waals surface area contributed by atoms with Gasteiger partial charge < -0.3 is 4.74 Å². The lowest BCUT2D eigenvalue weighted by atomic mass is 10.2. The number of nitrogens with zero attached hydrogens (tertiary/aromatic N) is 1. The van der Waals surface area contributed by atoms with E-state index in [1.54, 1.807) is 12.1 Å². The Morgan fingerprint density at radius 3 is 2.50 bits per heavy atom. The summed E-state index contributed by atoms with van der Waals surface area (Å²) < 4.78 is 28.7. The first-order valence-electron chi connectivity index (χ1n) is 5.39. The Labute approximate surface area is 107 Å². The number of carbonyl (C=O) groups is 1. The second-order valence-electron chi connectivity index (χ2n) is 3.63. The highest BCUT2D eigenvalue weighted by Gasteiger charge is 2.22. The van der Waals surface area contributed by atoms with Crippen LogP contribution in [0, 0.1) is 0 Å². The maximum atomic E-state index is 11.6. The Morgan fingerprint density at radius 2 is 2.00 bits per heavy atom. The fourth-order valence-electron chi connectivity index (χ4n) is 1.56. The lowest BCUT2D eigenvalue weighted by molar-refractivity contribution is 0.0601. The summed E-state index contributed by atoms with van der Waals surface area (Å²) in [6.45, 7) is 2.02. The molecule has 1 rings (SSSR count). The zero-order valence-corrected chi connectivity index (χ0v) is 11.1. The molecule has 0 saturated carbocycles. The molecule has 0 aromatic heterocycles. The lowest BCUT2D eigenvalue weighted by Crippen LogP contribution is -2.38. The largest absolute Gasteiger partial charge is 0.465 e. The highest BCUT2D eigenvalue weighted by atomic mass is 32.2. The molecule has 6 nitrogen and oxygen atoms in total. The average Bonchev–Trinajstić information content (AvgIpc) is 2.33. The number of carbonyl (C=O) groups excluding carboxylic acids is 1. The van der Waals surface area contributed by atoms with E-state index in [0.717, 1.165) is 4.31 Å². The zero-order valence-electron chi connectivity index (χ0n) is 10.3. The van der Waals surface area contributed by atoms with E-state index in [9.17, 15) is 13.2 Å². The second-order valence-corrected chi connectivity index (χ2v) is 5.10. The SMILES string of the molecule is CCCN(c1ccccc1C(=O)OC)S(N)(=O)=O. The molecule has 0 saturated heterocycles. The molecule has 1 aromatic carbocycles. The molecule has 0 bridgehead atoms. The Bertz CT molecular complexity index is 528. The molecule has 0 aliphatic heterocycles. The molecule has 0 radical (unpaired) electrons. The van der Waals surface area contributed by atoms with Gasteiger partial charge in [-0.1, -0.05) is 19.1 Å². The van der Waals surface area contributed by atoms with E-state index in [0.29, 0.717) is 6.42 Å². The van der Waals surface area contributed by atoms with Gasteiger partial charge in [-0.2, -0.15) is 8.42 Å². The number of nitrogens with two attached hydrogens (primary N) is 1. The van der Waals surface area contributed by atoms with Crippen LogP contribution >= 0.6 is 0 Å². The van der Waals surface area contributed by atoms with Crippen molar-refractivity contribution in [2.24, 2.45) is 5.14 Å². The molecule has 0 fully saturated rings. The van der Waals surface area contributed by atoms with Crippen molar-refractivity contribution >= 4 is 21.9 Å². The van der Waals surface area contributed by atoms with Crippen molar-refractivity contribution in [3.63, 3.8) is 0 Å². The van der Waals surface area contributed by atoms with Gasteiger partial charge in [0.15, 0.2) is 0 Å². The third kappa shape index (κ3) is 3.21. The van der Waals surface area contributed by atoms with Crippen molar-refractivity contribution in [1.29, 1.82) is 0 Å². The van der Waals surface area contributed by atoms with Crippen molar-refractivity contribution in [3.05, 3.63) is 29.8 Å². The molecule has 0 spiro atoms. The fraction of sp³-hybridized carbons (Fsp3) is 0.364. The van der Waals surface area contributed by atoms with Gasteiger partial charge in [0, 0.05) is 6.54 Å². The molecule has 2 N–H and O–H groups in total. The first-order chi connectivity index (χ1) is 8.41. The van der Waals surface area contributed by atoms with Crippen molar-refractivity contribution in [1.82, 2.24) is 0 Å². The molecule has 18 heavy (non-hydrogen) atoms. The number of hydrogen-bond acceptors (Lipinski definition) is 4. The molecule has 0 aliphatic carbocycles. The van der Waals surface area contributed by atoms with E-state index >= 15 is 0 Å². The first kappa shape index (κ1) is 14.5. The van der Waals surface area contributed by atoms with Crippen LogP contribution in [0.25, 0.3) is 0 Å². The van der Waals surface area contributed by atoms with Crippen LogP contribution in [-0.2, 0) is 14.9 Å². The van der Waals surface area contributed by atoms with Gasteiger partial charge in [-0.25, -0.2) is 9.93 Å². The fourth-order valence-corrected chi connectivity index (χ4v) is 2.43. The van der Waals surface area contributed by atoms with E-state index in [-0.39, 0.29) is 17.8 Å². The number of para-hydroxylation sites is 1. The van der Waals surface area contributed by atoms with Crippen molar-refractivity contribution in [2.45, 2.75) is 13.3 Å². The van der Waals surface area contributed by atoms with Crippen LogP contribution in [0.4, 0.5) is 5.69 Å². The van der Waals surface area contributed by atoms with Crippen molar-refractivity contribution in [3.8, 4) is 0 Å². The quantitative estimate of drug-likeness (QED) is 0.806. The number of esters is 1. The van der Waals surface area contributed by atoms with Gasteiger partial charge >= 0.3 is 5.97 Å². The van der Waals surface area contributed by atoms with Crippen LogP contribution in [0.15, 0.2) is 24.3 Å². The van der Waals surface area contributed by atoms with E-state index in [1.165, 1.54) is 19.2 Å². The van der Waals surface area contributed by atoms with Crippen LogP contribution in [-0.4, -0.2) is 28.0 Å². The minimum atomic E-state index is -3.92. The van der Waals surface area contributed by atoms with Gasteiger partial charge in [-0.15, -0.1) is 0 Å². The predicted molar refractivity (Wildman–Crippen MR) is 68.5 cm³/mol. The highest BCUT2D eigenvalue weighted by molar-refractivity contribution is 7.90. The second kappa shape index (κ2) is 5.83. The van der Waals surface area contributed by atoms with Crippen LogP contribution in [0.3, 0.4) is 0 Å². The van der Waals surface area contributed by atoms with Gasteiger partial charge in [0.05, 0.1) is 18.4 Å². The third-order valence-corrected chi connectivity index (χ3v) is 3.31. The number of anilines is 1. The van der Waals surface area contributed by atoms with E-state index < -0.39 is 16.2 Å². The average molecular weight is 272 g/mol. The number of methoxy groups -OCH3 is 1. The molecular formula is C11H16N2O4S. The van der Waals surface area contributed by atoms with Crippen LogP contribution in [0.5, 0.6) is 0 Å². The number of ether oxygens (including phenoxy) is 1. The molecule has 0 aliphatic rings. The summed E-state index contributed by atoms with van der Waals surface area (Å²) in [5, 5.41) is 5.15. The van der Waals surface area contributed by atoms with Crippen molar-refractivity contribution in [2.75, 3.05) is 18.0 Å². The van der Waals surface area contributed by atoms with E-state index in [1.807, 2.05) is 6.92 Å². The summed E-state index contributed by atoms with van der Waals surface area (Å²) in [4.78, 5) is 11.6. The molecule has 1 aromatic rings. The molecule has 0 heterocycles. The molecule has 100 valence electrons. The summed E-state index contributed by atoms with van der Waals surface area (Å²) in [7, 11) is -2.68. The summed E-state index contributed by atoms with van der Waals surface area (Å²) in [5.41, 5.74) is 0.399. The standard InChI is InChI=1S/C11H16N2O4S/c1-3-8-13(18(12,15)16)10-7-5-4-6-9(10)11(14)17-2/h4-7H,3,8H2,1-2H3,(H2,12,15,16). The Hall–Kier alpha value is -1.60. The first-order valence-corrected chi connectivity index (χ1v) is 6.90. The number of rotatable bonds is 5. The summed E-state index contributed by atoms with van der Waals surface area (Å²) in [6.07, 6.45) is 0.575. The molecular weight excluding hydrogens is 256 g/mol. The molecule has 0 unspecified atom stereocenters. The highest BCUT2D eigenvalue weighted by Crippen LogP contribution is 2.23. The van der Waals surface area contributed by atoms with Gasteiger partial charge in [0.25, 0.3) is 10.2 Å².